The number of allylic oxidation sites excluding steroid dienone is 3. The van der Waals surface area contributed by atoms with Crippen molar-refractivity contribution in [1.29, 1.82) is 0 Å². The molecule has 0 nitrogen and oxygen atoms in total. The van der Waals surface area contributed by atoms with E-state index in [-0.39, 0.29) is 5.41 Å². The summed E-state index contributed by atoms with van der Waals surface area (Å²) in [7, 11) is 0. The molecule has 0 spiro atoms. The van der Waals surface area contributed by atoms with Crippen molar-refractivity contribution >= 4 is 0 Å². The lowest BCUT2D eigenvalue weighted by Crippen LogP contribution is -1.99. The van der Waals surface area contributed by atoms with Crippen LogP contribution in [0.3, 0.4) is 0 Å². The standard InChI is InChI=1S/C9H16/c1-6-8(2)7-9(3,4)5/h6-7H,1H2,2-5H3. The molecule has 0 aliphatic carbocycles. The normalized spacial score (nSPS) is 13.6. The summed E-state index contributed by atoms with van der Waals surface area (Å²) in [4.78, 5) is 0. The van der Waals surface area contributed by atoms with Crippen LogP contribution < -0.4 is 0 Å². The van der Waals surface area contributed by atoms with Gasteiger partial charge >= 0.3 is 0 Å². The van der Waals surface area contributed by atoms with Crippen molar-refractivity contribution in [3.8, 4) is 0 Å². The monoisotopic (exact) mass is 124 g/mol. The predicted molar refractivity (Wildman–Crippen MR) is 43.4 cm³/mol. The van der Waals surface area contributed by atoms with Crippen molar-refractivity contribution in [3.05, 3.63) is 24.3 Å². The van der Waals surface area contributed by atoms with Gasteiger partial charge in [0, 0.05) is 0 Å². The smallest absolute Gasteiger partial charge is 0.0197 e. The van der Waals surface area contributed by atoms with E-state index in [0.29, 0.717) is 0 Å². The molecular formula is C9H16. The lowest BCUT2D eigenvalue weighted by Gasteiger charge is -2.12. The van der Waals surface area contributed by atoms with Crippen LogP contribution >= 0.6 is 0 Å². The molecule has 0 aromatic carbocycles. The highest BCUT2D eigenvalue weighted by Crippen LogP contribution is 2.17. The Morgan fingerprint density at radius 1 is 1.33 bits per heavy atom. The molecule has 0 bridgehead atoms. The summed E-state index contributed by atoms with van der Waals surface area (Å²) in [6, 6.07) is 0. The Bertz CT molecular complexity index is 121. The molecule has 0 unspecified atom stereocenters. The Hall–Kier alpha value is -0.520. The lowest BCUT2D eigenvalue weighted by atomic mass is 9.94. The van der Waals surface area contributed by atoms with Gasteiger partial charge in [-0.2, -0.15) is 0 Å². The van der Waals surface area contributed by atoms with Crippen molar-refractivity contribution in [3.63, 3.8) is 0 Å². The Balaban J connectivity index is 4.11. The fourth-order valence-corrected chi connectivity index (χ4v) is 0.742. The summed E-state index contributed by atoms with van der Waals surface area (Å²) in [6.07, 6.45) is 4.09. The molecule has 0 atom stereocenters. The summed E-state index contributed by atoms with van der Waals surface area (Å²) >= 11 is 0. The van der Waals surface area contributed by atoms with Gasteiger partial charge in [0.25, 0.3) is 0 Å². The maximum atomic E-state index is 3.68. The van der Waals surface area contributed by atoms with Crippen LogP contribution in [0.15, 0.2) is 24.3 Å². The molecule has 0 radical (unpaired) electrons. The Kier molecular flexibility index (Phi) is 2.69. The second kappa shape index (κ2) is 2.86. The Morgan fingerprint density at radius 2 is 1.78 bits per heavy atom. The van der Waals surface area contributed by atoms with Gasteiger partial charge in [0.1, 0.15) is 0 Å². The first-order valence-electron chi connectivity index (χ1n) is 3.27. The van der Waals surface area contributed by atoms with Gasteiger partial charge < -0.3 is 0 Å². The van der Waals surface area contributed by atoms with E-state index in [9.17, 15) is 0 Å². The van der Waals surface area contributed by atoms with E-state index < -0.39 is 0 Å². The van der Waals surface area contributed by atoms with Crippen molar-refractivity contribution in [1.82, 2.24) is 0 Å². The number of rotatable bonds is 1. The molecule has 52 valence electrons. The van der Waals surface area contributed by atoms with E-state index in [2.05, 4.69) is 40.3 Å². The molecule has 0 N–H and O–H groups in total. The molecule has 0 amide bonds. The van der Waals surface area contributed by atoms with Gasteiger partial charge in [-0.3, -0.25) is 0 Å². The zero-order valence-corrected chi connectivity index (χ0v) is 6.86. The second-order valence-corrected chi connectivity index (χ2v) is 3.46. The first-order chi connectivity index (χ1) is 3.95. The van der Waals surface area contributed by atoms with Crippen LogP contribution in [0.4, 0.5) is 0 Å². The summed E-state index contributed by atoms with van der Waals surface area (Å²) in [5, 5.41) is 0. The van der Waals surface area contributed by atoms with Crippen LogP contribution in [0.2, 0.25) is 0 Å². The largest absolute Gasteiger partial charge is 0.0988 e. The van der Waals surface area contributed by atoms with Crippen LogP contribution in [0.5, 0.6) is 0 Å². The predicted octanol–water partition coefficient (Wildman–Crippen LogP) is 3.16. The minimum atomic E-state index is 0.290. The van der Waals surface area contributed by atoms with Crippen LogP contribution in [-0.4, -0.2) is 0 Å². The third-order valence-corrected chi connectivity index (χ3v) is 0.983. The summed E-state index contributed by atoms with van der Waals surface area (Å²) < 4.78 is 0. The number of hydrogen-bond acceptors (Lipinski definition) is 0. The van der Waals surface area contributed by atoms with Gasteiger partial charge in [-0.25, -0.2) is 0 Å². The molecule has 0 aromatic heterocycles. The molecular weight excluding hydrogens is 108 g/mol. The maximum absolute atomic E-state index is 3.68. The van der Waals surface area contributed by atoms with Gasteiger partial charge in [0.15, 0.2) is 0 Å². The molecule has 0 heteroatoms. The molecule has 0 aromatic rings. The van der Waals surface area contributed by atoms with Crippen molar-refractivity contribution in [2.24, 2.45) is 5.41 Å². The Morgan fingerprint density at radius 3 is 1.89 bits per heavy atom. The van der Waals surface area contributed by atoms with E-state index >= 15 is 0 Å². The van der Waals surface area contributed by atoms with Gasteiger partial charge in [-0.05, 0) is 12.3 Å². The summed E-state index contributed by atoms with van der Waals surface area (Å²) in [6.45, 7) is 12.3. The third kappa shape index (κ3) is 5.35. The van der Waals surface area contributed by atoms with Crippen LogP contribution in [0.1, 0.15) is 27.7 Å². The molecule has 0 aliphatic rings. The zero-order chi connectivity index (χ0) is 7.49. The molecule has 9 heavy (non-hydrogen) atoms. The van der Waals surface area contributed by atoms with E-state index in [1.165, 1.54) is 5.57 Å². The highest BCUT2D eigenvalue weighted by Gasteiger charge is 2.03. The maximum Gasteiger partial charge on any atom is -0.0197 e. The van der Waals surface area contributed by atoms with Crippen LogP contribution in [0, 0.1) is 5.41 Å². The summed E-state index contributed by atoms with van der Waals surface area (Å²) in [5.74, 6) is 0. The van der Waals surface area contributed by atoms with Crippen molar-refractivity contribution < 1.29 is 0 Å². The third-order valence-electron chi connectivity index (χ3n) is 0.983. The fourth-order valence-electron chi connectivity index (χ4n) is 0.742. The Labute approximate surface area is 58.3 Å². The van der Waals surface area contributed by atoms with E-state index in [1.807, 2.05) is 6.08 Å². The minimum Gasteiger partial charge on any atom is -0.0988 e. The topological polar surface area (TPSA) is 0 Å². The van der Waals surface area contributed by atoms with Gasteiger partial charge in [0.2, 0.25) is 0 Å². The molecule has 0 rings (SSSR count). The zero-order valence-electron chi connectivity index (χ0n) is 6.86. The number of hydrogen-bond donors (Lipinski definition) is 0. The first kappa shape index (κ1) is 8.48. The van der Waals surface area contributed by atoms with Gasteiger partial charge in [0.05, 0.1) is 0 Å². The summed E-state index contributed by atoms with van der Waals surface area (Å²) in [5.41, 5.74) is 1.54. The highest BCUT2D eigenvalue weighted by atomic mass is 14.1. The van der Waals surface area contributed by atoms with Gasteiger partial charge in [-0.1, -0.05) is 45.1 Å². The van der Waals surface area contributed by atoms with E-state index in [0.717, 1.165) is 0 Å². The molecule has 0 saturated heterocycles. The quantitative estimate of drug-likeness (QED) is 0.471. The highest BCUT2D eigenvalue weighted by molar-refractivity contribution is 5.15. The van der Waals surface area contributed by atoms with E-state index in [1.54, 1.807) is 0 Å². The fraction of sp³-hybridized carbons (Fsp3) is 0.556. The van der Waals surface area contributed by atoms with E-state index in [4.69, 9.17) is 0 Å². The average Bonchev–Trinajstić information content (AvgIpc) is 1.62. The second-order valence-electron chi connectivity index (χ2n) is 3.46. The average molecular weight is 124 g/mol. The minimum absolute atomic E-state index is 0.290. The van der Waals surface area contributed by atoms with Crippen molar-refractivity contribution in [2.75, 3.05) is 0 Å². The first-order valence-corrected chi connectivity index (χ1v) is 3.27. The van der Waals surface area contributed by atoms with Crippen LogP contribution in [0.25, 0.3) is 0 Å². The molecule has 0 aliphatic heterocycles. The molecule has 0 saturated carbocycles. The van der Waals surface area contributed by atoms with Gasteiger partial charge in [-0.15, -0.1) is 0 Å². The van der Waals surface area contributed by atoms with Crippen LogP contribution in [-0.2, 0) is 0 Å². The SMILES string of the molecule is C=CC(C)=CC(C)(C)C. The molecule has 0 fully saturated rings. The molecule has 0 heterocycles. The van der Waals surface area contributed by atoms with Crippen molar-refractivity contribution in [2.45, 2.75) is 27.7 Å². The lowest BCUT2D eigenvalue weighted by molar-refractivity contribution is 0.541.